The van der Waals surface area contributed by atoms with Gasteiger partial charge >= 0.3 is 0 Å². The first-order valence-electron chi connectivity index (χ1n) is 8.91. The Balaban J connectivity index is 1.31. The first-order valence-corrected chi connectivity index (χ1v) is 10.8. The van der Waals surface area contributed by atoms with Crippen LogP contribution < -0.4 is 9.47 Å². The maximum Gasteiger partial charge on any atom is 0.253 e. The average Bonchev–Trinajstić information content (AvgIpc) is 3.29. The standard InChI is InChI=1S/C20H18N2O3S2/c23-20(14-1-3-15-19(10-14)27-11-21-15)22-6-5-18(26-8-7-22)13-2-4-16-17(9-13)25-12-24-16/h1-4,9-11,18H,5-8,12H2. The van der Waals surface area contributed by atoms with Crippen molar-refractivity contribution in [1.82, 2.24) is 9.88 Å². The van der Waals surface area contributed by atoms with Crippen LogP contribution in [-0.2, 0) is 0 Å². The van der Waals surface area contributed by atoms with Crippen LogP contribution in [0.25, 0.3) is 10.2 Å². The van der Waals surface area contributed by atoms with Gasteiger partial charge in [-0.15, -0.1) is 11.3 Å². The summed E-state index contributed by atoms with van der Waals surface area (Å²) in [6, 6.07) is 12.0. The van der Waals surface area contributed by atoms with Crippen molar-refractivity contribution in [1.29, 1.82) is 0 Å². The van der Waals surface area contributed by atoms with Crippen LogP contribution in [0.3, 0.4) is 0 Å². The molecule has 1 fully saturated rings. The summed E-state index contributed by atoms with van der Waals surface area (Å²) < 4.78 is 12.0. The first-order chi connectivity index (χ1) is 13.3. The Morgan fingerprint density at radius 2 is 2.04 bits per heavy atom. The molecule has 5 rings (SSSR count). The van der Waals surface area contributed by atoms with Crippen LogP contribution in [0, 0.1) is 0 Å². The monoisotopic (exact) mass is 398 g/mol. The molecule has 1 atom stereocenters. The summed E-state index contributed by atoms with van der Waals surface area (Å²) in [5.74, 6) is 2.67. The van der Waals surface area contributed by atoms with E-state index in [0.29, 0.717) is 12.0 Å². The number of carbonyl (C=O) groups excluding carboxylic acids is 1. The van der Waals surface area contributed by atoms with Gasteiger partial charge in [-0.25, -0.2) is 4.98 Å². The SMILES string of the molecule is O=C(c1ccc2ncsc2c1)N1CCSC(c2ccc3c(c2)OCO3)CC1. The topological polar surface area (TPSA) is 51.7 Å². The zero-order valence-electron chi connectivity index (χ0n) is 14.6. The molecule has 2 aromatic carbocycles. The van der Waals surface area contributed by atoms with Gasteiger partial charge in [0.2, 0.25) is 6.79 Å². The Kier molecular flexibility index (Phi) is 4.41. The molecule has 0 N–H and O–H groups in total. The summed E-state index contributed by atoms with van der Waals surface area (Å²) >= 11 is 3.47. The van der Waals surface area contributed by atoms with Crippen LogP contribution in [-0.4, -0.2) is 41.4 Å². The van der Waals surface area contributed by atoms with Gasteiger partial charge in [0.15, 0.2) is 11.5 Å². The van der Waals surface area contributed by atoms with Gasteiger partial charge in [-0.2, -0.15) is 11.8 Å². The van der Waals surface area contributed by atoms with E-state index >= 15 is 0 Å². The molecule has 0 bridgehead atoms. The van der Waals surface area contributed by atoms with Crippen LogP contribution in [0.1, 0.15) is 27.6 Å². The molecule has 0 spiro atoms. The molecule has 1 aromatic heterocycles. The summed E-state index contributed by atoms with van der Waals surface area (Å²) in [7, 11) is 0. The molecule has 3 aromatic rings. The second-order valence-corrected chi connectivity index (χ2v) is 8.78. The van der Waals surface area contributed by atoms with E-state index in [2.05, 4.69) is 17.1 Å². The van der Waals surface area contributed by atoms with Crippen LogP contribution in [0.15, 0.2) is 41.9 Å². The number of amides is 1. The number of carbonyl (C=O) groups is 1. The van der Waals surface area contributed by atoms with Crippen molar-refractivity contribution >= 4 is 39.2 Å². The lowest BCUT2D eigenvalue weighted by atomic mass is 10.1. The number of hydrogen-bond donors (Lipinski definition) is 0. The summed E-state index contributed by atoms with van der Waals surface area (Å²) in [6.07, 6.45) is 0.929. The van der Waals surface area contributed by atoms with E-state index in [9.17, 15) is 4.79 Å². The van der Waals surface area contributed by atoms with Gasteiger partial charge in [-0.1, -0.05) is 6.07 Å². The Morgan fingerprint density at radius 1 is 1.11 bits per heavy atom. The van der Waals surface area contributed by atoms with Gasteiger partial charge in [-0.3, -0.25) is 4.79 Å². The van der Waals surface area contributed by atoms with E-state index in [1.165, 1.54) is 5.56 Å². The van der Waals surface area contributed by atoms with Crippen molar-refractivity contribution in [2.45, 2.75) is 11.7 Å². The first kappa shape index (κ1) is 16.9. The fraction of sp³-hybridized carbons (Fsp3) is 0.300. The Morgan fingerprint density at radius 3 is 3.00 bits per heavy atom. The van der Waals surface area contributed by atoms with E-state index in [1.807, 2.05) is 46.4 Å². The van der Waals surface area contributed by atoms with Gasteiger partial charge in [0, 0.05) is 29.7 Å². The van der Waals surface area contributed by atoms with Gasteiger partial charge in [0.25, 0.3) is 5.91 Å². The normalized spacial score (nSPS) is 19.3. The third kappa shape index (κ3) is 3.26. The minimum absolute atomic E-state index is 0.109. The van der Waals surface area contributed by atoms with Crippen molar-refractivity contribution < 1.29 is 14.3 Å². The second kappa shape index (κ2) is 7.05. The number of aromatic nitrogens is 1. The van der Waals surface area contributed by atoms with Crippen LogP contribution in [0.2, 0.25) is 0 Å². The van der Waals surface area contributed by atoms with E-state index in [1.54, 1.807) is 11.3 Å². The maximum absolute atomic E-state index is 13.0. The third-order valence-electron chi connectivity index (χ3n) is 4.98. The van der Waals surface area contributed by atoms with E-state index in [0.717, 1.165) is 52.5 Å². The summed E-state index contributed by atoms with van der Waals surface area (Å²) in [6.45, 7) is 1.82. The number of rotatable bonds is 2. The largest absolute Gasteiger partial charge is 0.454 e. The predicted molar refractivity (Wildman–Crippen MR) is 108 cm³/mol. The van der Waals surface area contributed by atoms with Crippen LogP contribution in [0.5, 0.6) is 11.5 Å². The number of nitrogens with zero attached hydrogens (tertiary/aromatic N) is 2. The summed E-state index contributed by atoms with van der Waals surface area (Å²) in [5.41, 5.74) is 4.76. The molecule has 0 aliphatic carbocycles. The van der Waals surface area contributed by atoms with Crippen molar-refractivity contribution in [3.8, 4) is 11.5 Å². The predicted octanol–water partition coefficient (Wildman–Crippen LogP) is 4.35. The lowest BCUT2D eigenvalue weighted by Gasteiger charge is -2.20. The molecule has 7 heteroatoms. The third-order valence-corrected chi connectivity index (χ3v) is 7.10. The zero-order chi connectivity index (χ0) is 18.2. The molecule has 2 aliphatic heterocycles. The van der Waals surface area contributed by atoms with Crippen molar-refractivity contribution in [2.24, 2.45) is 0 Å². The highest BCUT2D eigenvalue weighted by atomic mass is 32.2. The molecule has 5 nitrogen and oxygen atoms in total. The fourth-order valence-electron chi connectivity index (χ4n) is 3.52. The molecule has 3 heterocycles. The van der Waals surface area contributed by atoms with Crippen LogP contribution in [0.4, 0.5) is 0 Å². The van der Waals surface area contributed by atoms with Crippen molar-refractivity contribution in [3.05, 3.63) is 53.0 Å². The molecule has 1 unspecified atom stereocenters. The highest BCUT2D eigenvalue weighted by molar-refractivity contribution is 7.99. The zero-order valence-corrected chi connectivity index (χ0v) is 16.2. The fourth-order valence-corrected chi connectivity index (χ4v) is 5.46. The molecule has 0 saturated carbocycles. The minimum Gasteiger partial charge on any atom is -0.454 e. The van der Waals surface area contributed by atoms with Crippen molar-refractivity contribution in [2.75, 3.05) is 25.6 Å². The van der Waals surface area contributed by atoms with Gasteiger partial charge in [0.05, 0.1) is 15.7 Å². The molecular weight excluding hydrogens is 380 g/mol. The van der Waals surface area contributed by atoms with Crippen molar-refractivity contribution in [3.63, 3.8) is 0 Å². The molecule has 0 radical (unpaired) electrons. The molecular formula is C20H18N2O3S2. The summed E-state index contributed by atoms with van der Waals surface area (Å²) in [5, 5.41) is 0.362. The lowest BCUT2D eigenvalue weighted by molar-refractivity contribution is 0.0766. The molecule has 1 saturated heterocycles. The molecule has 1 amide bonds. The highest BCUT2D eigenvalue weighted by Gasteiger charge is 2.24. The molecule has 27 heavy (non-hydrogen) atoms. The number of hydrogen-bond acceptors (Lipinski definition) is 6. The van der Waals surface area contributed by atoms with Gasteiger partial charge in [-0.05, 0) is 42.3 Å². The van der Waals surface area contributed by atoms with E-state index in [-0.39, 0.29) is 5.91 Å². The smallest absolute Gasteiger partial charge is 0.253 e. The number of benzene rings is 2. The Bertz CT molecular complexity index is 1000. The van der Waals surface area contributed by atoms with E-state index < -0.39 is 0 Å². The quantitative estimate of drug-likeness (QED) is 0.643. The Hall–Kier alpha value is -2.25. The maximum atomic E-state index is 13.0. The second-order valence-electron chi connectivity index (χ2n) is 6.59. The van der Waals surface area contributed by atoms with Gasteiger partial charge in [0.1, 0.15) is 0 Å². The lowest BCUT2D eigenvalue weighted by Crippen LogP contribution is -2.32. The molecule has 2 aliphatic rings. The van der Waals surface area contributed by atoms with Crippen LogP contribution >= 0.6 is 23.1 Å². The van der Waals surface area contributed by atoms with Gasteiger partial charge < -0.3 is 14.4 Å². The van der Waals surface area contributed by atoms with E-state index in [4.69, 9.17) is 9.47 Å². The summed E-state index contributed by atoms with van der Waals surface area (Å²) in [4.78, 5) is 19.2. The highest BCUT2D eigenvalue weighted by Crippen LogP contribution is 2.40. The average molecular weight is 399 g/mol. The number of thiazole rings is 1. The number of ether oxygens (including phenoxy) is 2. The number of thioether (sulfide) groups is 1. The number of fused-ring (bicyclic) bond motifs is 2. The minimum atomic E-state index is 0.109. The Labute approximate surface area is 165 Å². The molecule has 138 valence electrons.